The monoisotopic (exact) mass is 540 g/mol. The van der Waals surface area contributed by atoms with E-state index in [4.69, 9.17) is 15.6 Å². The summed E-state index contributed by atoms with van der Waals surface area (Å²) in [6.45, 7) is 5.53. The van der Waals surface area contributed by atoms with Crippen LogP contribution in [0.1, 0.15) is 48.0 Å². The summed E-state index contributed by atoms with van der Waals surface area (Å²) in [4.78, 5) is 26.8. The number of nitrogens with zero attached hydrogens (tertiary/aromatic N) is 4. The highest BCUT2D eigenvalue weighted by Gasteiger charge is 2.28. The number of pyridine rings is 1. The van der Waals surface area contributed by atoms with Gasteiger partial charge in [-0.1, -0.05) is 12.1 Å². The Morgan fingerprint density at radius 1 is 1.18 bits per heavy atom. The summed E-state index contributed by atoms with van der Waals surface area (Å²) in [6.07, 6.45) is 6.73. The lowest BCUT2D eigenvalue weighted by Crippen LogP contribution is -2.45. The first-order chi connectivity index (χ1) is 19.4. The number of hydrogen-bond acceptors (Lipinski definition) is 5. The highest BCUT2D eigenvalue weighted by molar-refractivity contribution is 5.95. The molecular formula is C31H36N6O3. The van der Waals surface area contributed by atoms with Crippen molar-refractivity contribution in [1.29, 1.82) is 0 Å². The second kappa shape index (κ2) is 9.96. The number of piperidine rings is 1. The van der Waals surface area contributed by atoms with Crippen LogP contribution < -0.4 is 15.8 Å². The van der Waals surface area contributed by atoms with Crippen molar-refractivity contribution < 1.29 is 14.3 Å². The number of aromatic nitrogens is 3. The van der Waals surface area contributed by atoms with Crippen LogP contribution in [0.2, 0.25) is 0 Å². The van der Waals surface area contributed by atoms with E-state index in [0.717, 1.165) is 65.1 Å². The summed E-state index contributed by atoms with van der Waals surface area (Å²) < 4.78 is 10.6. The van der Waals surface area contributed by atoms with Gasteiger partial charge in [0.2, 0.25) is 5.91 Å². The zero-order valence-electron chi connectivity index (χ0n) is 22.9. The van der Waals surface area contributed by atoms with Crippen molar-refractivity contribution in [1.82, 2.24) is 24.4 Å². The first kappa shape index (κ1) is 25.1. The molecule has 0 radical (unpaired) electrons. The minimum atomic E-state index is 0.00977. The van der Waals surface area contributed by atoms with E-state index in [9.17, 15) is 9.59 Å². The summed E-state index contributed by atoms with van der Waals surface area (Å²) in [5.74, 6) is 1.79. The average molecular weight is 541 g/mol. The molecule has 0 bridgehead atoms. The number of aryl methyl sites for hydroxylation is 1. The number of nitrogens with two attached hydrogens (primary N) is 1. The van der Waals surface area contributed by atoms with E-state index in [1.165, 1.54) is 12.8 Å². The number of rotatable bonds is 7. The summed E-state index contributed by atoms with van der Waals surface area (Å²) >= 11 is 0. The lowest BCUT2D eigenvalue weighted by atomic mass is 10.1. The van der Waals surface area contributed by atoms with Gasteiger partial charge in [-0.15, -0.1) is 0 Å². The van der Waals surface area contributed by atoms with Crippen molar-refractivity contribution in [2.24, 2.45) is 17.6 Å². The molecule has 0 spiro atoms. The van der Waals surface area contributed by atoms with Crippen LogP contribution >= 0.6 is 0 Å². The molecule has 1 aromatic carbocycles. The lowest BCUT2D eigenvalue weighted by Gasteiger charge is -2.30. The third-order valence-electron chi connectivity index (χ3n) is 8.67. The number of para-hydroxylation sites is 1. The first-order valence-electron chi connectivity index (χ1n) is 14.5. The summed E-state index contributed by atoms with van der Waals surface area (Å²) in [5, 5.41) is 9.04. The van der Waals surface area contributed by atoms with Gasteiger partial charge >= 0.3 is 0 Å². The van der Waals surface area contributed by atoms with Gasteiger partial charge in [-0.25, -0.2) is 4.52 Å². The van der Waals surface area contributed by atoms with Crippen LogP contribution in [0.15, 0.2) is 42.6 Å². The number of benzene rings is 1. The van der Waals surface area contributed by atoms with E-state index in [-0.39, 0.29) is 23.8 Å². The molecule has 7 rings (SSSR count). The predicted octanol–water partition coefficient (Wildman–Crippen LogP) is 3.75. The fourth-order valence-corrected chi connectivity index (χ4v) is 6.26. The van der Waals surface area contributed by atoms with Crippen LogP contribution in [-0.4, -0.2) is 63.2 Å². The van der Waals surface area contributed by atoms with Crippen LogP contribution in [0.4, 0.5) is 0 Å². The molecule has 3 fully saturated rings. The van der Waals surface area contributed by atoms with Crippen LogP contribution in [0.25, 0.3) is 27.8 Å². The highest BCUT2D eigenvalue weighted by Crippen LogP contribution is 2.40. The molecular weight excluding hydrogens is 504 g/mol. The molecule has 3 aromatic heterocycles. The third-order valence-corrected chi connectivity index (χ3v) is 8.67. The van der Waals surface area contributed by atoms with Gasteiger partial charge < -0.3 is 25.3 Å². The van der Waals surface area contributed by atoms with Crippen LogP contribution in [0.5, 0.6) is 5.75 Å². The predicted molar refractivity (Wildman–Crippen MR) is 153 cm³/mol. The van der Waals surface area contributed by atoms with Crippen molar-refractivity contribution in [3.63, 3.8) is 0 Å². The summed E-state index contributed by atoms with van der Waals surface area (Å²) in [6, 6.07) is 12.3. The number of amides is 2. The van der Waals surface area contributed by atoms with Crippen molar-refractivity contribution in [3.8, 4) is 17.1 Å². The molecule has 2 atom stereocenters. The van der Waals surface area contributed by atoms with Crippen LogP contribution in [-0.2, 0) is 11.3 Å². The van der Waals surface area contributed by atoms with Gasteiger partial charge in [-0.05, 0) is 62.8 Å². The van der Waals surface area contributed by atoms with Gasteiger partial charge in [-0.2, -0.15) is 5.10 Å². The average Bonchev–Trinajstić information content (AvgIpc) is 3.43. The van der Waals surface area contributed by atoms with Crippen molar-refractivity contribution in [2.75, 3.05) is 26.2 Å². The normalized spacial score (nSPS) is 21.4. The zero-order valence-corrected chi connectivity index (χ0v) is 22.9. The van der Waals surface area contributed by atoms with Gasteiger partial charge in [-0.3, -0.25) is 9.59 Å². The summed E-state index contributed by atoms with van der Waals surface area (Å²) in [7, 11) is 0. The number of fused-ring (bicyclic) bond motifs is 2. The zero-order chi connectivity index (χ0) is 27.4. The van der Waals surface area contributed by atoms with Crippen molar-refractivity contribution in [3.05, 3.63) is 53.7 Å². The van der Waals surface area contributed by atoms with Gasteiger partial charge in [0.15, 0.2) is 0 Å². The molecule has 2 saturated heterocycles. The Morgan fingerprint density at radius 3 is 2.83 bits per heavy atom. The highest BCUT2D eigenvalue weighted by atomic mass is 16.5. The maximum Gasteiger partial charge on any atom is 0.255 e. The topological polar surface area (TPSA) is 107 Å². The Morgan fingerprint density at radius 2 is 2.05 bits per heavy atom. The molecule has 1 aliphatic carbocycles. The minimum absolute atomic E-state index is 0.00977. The van der Waals surface area contributed by atoms with Crippen molar-refractivity contribution >= 4 is 28.2 Å². The van der Waals surface area contributed by atoms with Gasteiger partial charge in [0.1, 0.15) is 11.4 Å². The molecule has 4 aromatic rings. The molecule has 3 aliphatic rings. The second-order valence-electron chi connectivity index (χ2n) is 11.8. The molecule has 1 unspecified atom stereocenters. The maximum absolute atomic E-state index is 13.3. The molecule has 208 valence electrons. The van der Waals surface area contributed by atoms with E-state index in [2.05, 4.69) is 28.9 Å². The quantitative estimate of drug-likeness (QED) is 0.371. The van der Waals surface area contributed by atoms with Gasteiger partial charge in [0.05, 0.1) is 28.9 Å². The number of carbonyl (C=O) groups is 2. The Balaban J connectivity index is 1.26. The van der Waals surface area contributed by atoms with E-state index in [1.807, 2.05) is 39.9 Å². The molecule has 2 aliphatic heterocycles. The molecule has 9 nitrogen and oxygen atoms in total. The lowest BCUT2D eigenvalue weighted by molar-refractivity contribution is -0.119. The maximum atomic E-state index is 13.3. The SMILES string of the molecule is Cc1c(-c2cc3cccc(OCC4CNC(=O)C4)c3n2CC2CC2)nn2cc(C(=O)N3CCC[C@@H](N)C3)ccc12. The van der Waals surface area contributed by atoms with E-state index in [1.54, 1.807) is 0 Å². The minimum Gasteiger partial charge on any atom is -0.491 e. The number of likely N-dealkylation sites (tertiary alicyclic amines) is 1. The molecule has 3 N–H and O–H groups in total. The van der Waals surface area contributed by atoms with E-state index < -0.39 is 0 Å². The smallest absolute Gasteiger partial charge is 0.255 e. The number of ether oxygens (including phenoxy) is 1. The Labute approximate surface area is 233 Å². The second-order valence-corrected chi connectivity index (χ2v) is 11.8. The standard InChI is InChI=1S/C31H36N6O3/c1-19-25-10-9-23(31(39)35-11-3-5-24(32)17-35)16-37(25)34-29(19)26-13-22-4-2-6-27(30(22)36(26)15-20-7-8-20)40-18-21-12-28(38)33-14-21/h2,4,6,9-10,13,16,20-21,24H,3,5,7-8,11-12,14-15,17-18,32H2,1H3,(H,33,38)/t21?,24-/m1/s1. The number of carbonyl (C=O) groups excluding carboxylic acids is 2. The van der Waals surface area contributed by atoms with Gasteiger partial charge in [0, 0.05) is 61.7 Å². The first-order valence-corrected chi connectivity index (χ1v) is 14.5. The molecule has 5 heterocycles. The Bertz CT molecular complexity index is 1620. The fourth-order valence-electron chi connectivity index (χ4n) is 6.26. The Kier molecular flexibility index (Phi) is 6.26. The number of hydrogen-bond donors (Lipinski definition) is 2. The van der Waals surface area contributed by atoms with Gasteiger partial charge in [0.25, 0.3) is 5.91 Å². The van der Waals surface area contributed by atoms with Crippen LogP contribution in [0.3, 0.4) is 0 Å². The fraction of sp³-hybridized carbons (Fsp3) is 0.452. The molecule has 40 heavy (non-hydrogen) atoms. The van der Waals surface area contributed by atoms with Crippen molar-refractivity contribution in [2.45, 2.75) is 51.6 Å². The summed E-state index contributed by atoms with van der Waals surface area (Å²) in [5.41, 5.74) is 11.9. The largest absolute Gasteiger partial charge is 0.491 e. The third kappa shape index (κ3) is 4.62. The van der Waals surface area contributed by atoms with E-state index in [0.29, 0.717) is 37.6 Å². The molecule has 2 amide bonds. The number of nitrogens with one attached hydrogen (secondary N) is 1. The van der Waals surface area contributed by atoms with Crippen LogP contribution in [0, 0.1) is 18.8 Å². The van der Waals surface area contributed by atoms with E-state index >= 15 is 0 Å². The molecule has 1 saturated carbocycles. The molecule has 9 heteroatoms. The Hall–Kier alpha value is -3.85.